The molecule has 0 aliphatic carbocycles. The van der Waals surface area contributed by atoms with Gasteiger partial charge in [-0.3, -0.25) is 9.78 Å². The molecule has 5 heterocycles. The number of hydrogen-bond acceptors (Lipinski definition) is 6. The van der Waals surface area contributed by atoms with Crippen LogP contribution in [0.15, 0.2) is 48.9 Å². The molecule has 6 rings (SSSR count). The lowest BCUT2D eigenvalue weighted by atomic mass is 9.86. The van der Waals surface area contributed by atoms with Crippen molar-refractivity contribution in [1.29, 1.82) is 0 Å². The number of nitrogens with zero attached hydrogens (tertiary/aromatic N) is 3. The lowest BCUT2D eigenvalue weighted by Gasteiger charge is -2.39. The fourth-order valence-electron chi connectivity index (χ4n) is 5.63. The Morgan fingerprint density at radius 1 is 1.14 bits per heavy atom. The van der Waals surface area contributed by atoms with E-state index in [2.05, 4.69) is 50.3 Å². The Bertz CT molecular complexity index is 1410. The highest BCUT2D eigenvalue weighted by Gasteiger charge is 2.34. The van der Waals surface area contributed by atoms with Crippen molar-refractivity contribution in [2.75, 3.05) is 18.0 Å². The molecule has 1 saturated heterocycles. The normalized spacial score (nSPS) is 19.7. The Labute approximate surface area is 204 Å². The van der Waals surface area contributed by atoms with Gasteiger partial charge in [0.05, 0.1) is 0 Å². The summed E-state index contributed by atoms with van der Waals surface area (Å²) >= 11 is 0. The van der Waals surface area contributed by atoms with Crippen LogP contribution in [0.5, 0.6) is 0 Å². The number of ether oxygens (including phenoxy) is 1. The van der Waals surface area contributed by atoms with E-state index in [4.69, 9.17) is 4.74 Å². The zero-order valence-corrected chi connectivity index (χ0v) is 20.0. The van der Waals surface area contributed by atoms with Gasteiger partial charge in [0.25, 0.3) is 6.47 Å². The molecule has 1 unspecified atom stereocenters. The molecule has 0 saturated carbocycles. The van der Waals surface area contributed by atoms with E-state index < -0.39 is 6.23 Å². The number of pyridine rings is 2. The summed E-state index contributed by atoms with van der Waals surface area (Å²) in [5.41, 5.74) is 9.85. The van der Waals surface area contributed by atoms with Crippen LogP contribution in [-0.2, 0) is 16.0 Å². The second kappa shape index (κ2) is 8.82. The first-order valence-corrected chi connectivity index (χ1v) is 12.2. The molecule has 4 aromatic rings. The molecule has 2 aliphatic heterocycles. The molecule has 0 bridgehead atoms. The number of nitrogens with one attached hydrogen (secondary N) is 2. The summed E-state index contributed by atoms with van der Waals surface area (Å²) in [4.78, 5) is 26.1. The van der Waals surface area contributed by atoms with Crippen LogP contribution in [0.2, 0.25) is 0 Å². The number of rotatable bonds is 5. The second-order valence-electron chi connectivity index (χ2n) is 9.56. The van der Waals surface area contributed by atoms with E-state index in [-0.39, 0.29) is 6.04 Å². The maximum atomic E-state index is 11.7. The topological polar surface area (TPSA) is 83.1 Å². The Morgan fingerprint density at radius 2 is 2.06 bits per heavy atom. The lowest BCUT2D eigenvalue weighted by molar-refractivity contribution is -0.134. The van der Waals surface area contributed by atoms with Crippen molar-refractivity contribution in [3.63, 3.8) is 0 Å². The van der Waals surface area contributed by atoms with Crippen molar-refractivity contribution in [2.24, 2.45) is 0 Å². The summed E-state index contributed by atoms with van der Waals surface area (Å²) in [6, 6.07) is 11.0. The standard InChI is InChI=1S/C28H29N5O2/c1-17-14-31-27-23(17)13-21(15-32-27)20-11-19-6-9-33(22-5-8-29-18(2)10-22)28(35-16-34)26(19)24(12-20)25-4-3-7-30-25/h5,8,10-16,25,28,30H,3-4,6-7,9H2,1-2H3,(H,31,32)/t25?,28-/m0/s1. The summed E-state index contributed by atoms with van der Waals surface area (Å²) in [6.07, 6.45) is 8.34. The average molecular weight is 468 g/mol. The van der Waals surface area contributed by atoms with E-state index in [0.717, 1.165) is 71.5 Å². The van der Waals surface area contributed by atoms with Crippen LogP contribution >= 0.6 is 0 Å². The summed E-state index contributed by atoms with van der Waals surface area (Å²) < 4.78 is 5.81. The molecule has 7 nitrogen and oxygen atoms in total. The Kier molecular flexibility index (Phi) is 5.49. The number of H-pyrrole nitrogens is 1. The molecule has 2 N–H and O–H groups in total. The number of fused-ring (bicyclic) bond motifs is 2. The van der Waals surface area contributed by atoms with Crippen LogP contribution in [0, 0.1) is 13.8 Å². The highest BCUT2D eigenvalue weighted by Crippen LogP contribution is 2.42. The van der Waals surface area contributed by atoms with Gasteiger partial charge in [-0.15, -0.1) is 0 Å². The number of carbonyl (C=O) groups is 1. The van der Waals surface area contributed by atoms with Crippen molar-refractivity contribution in [2.45, 2.75) is 45.4 Å². The molecule has 2 aliphatic rings. The van der Waals surface area contributed by atoms with Gasteiger partial charge in [0.2, 0.25) is 6.23 Å². The fraction of sp³-hybridized carbons (Fsp3) is 0.321. The number of carbonyl (C=O) groups excluding carboxylic acids is 1. The molecule has 178 valence electrons. The van der Waals surface area contributed by atoms with Crippen LogP contribution < -0.4 is 10.2 Å². The van der Waals surface area contributed by atoms with Crippen LogP contribution in [0.25, 0.3) is 22.2 Å². The lowest BCUT2D eigenvalue weighted by Crippen LogP contribution is -2.38. The van der Waals surface area contributed by atoms with Crippen molar-refractivity contribution in [1.82, 2.24) is 20.3 Å². The van der Waals surface area contributed by atoms with Crippen molar-refractivity contribution in [3.8, 4) is 11.1 Å². The number of aromatic nitrogens is 3. The third-order valence-corrected chi connectivity index (χ3v) is 7.35. The van der Waals surface area contributed by atoms with Gasteiger partial charge in [0.1, 0.15) is 5.65 Å². The minimum atomic E-state index is -0.475. The van der Waals surface area contributed by atoms with Gasteiger partial charge in [-0.2, -0.15) is 0 Å². The minimum Gasteiger partial charge on any atom is -0.439 e. The van der Waals surface area contributed by atoms with Crippen molar-refractivity contribution >= 4 is 23.2 Å². The minimum absolute atomic E-state index is 0.228. The zero-order valence-electron chi connectivity index (χ0n) is 20.0. The monoisotopic (exact) mass is 467 g/mol. The highest BCUT2D eigenvalue weighted by atomic mass is 16.5. The van der Waals surface area contributed by atoms with E-state index in [1.54, 1.807) is 0 Å². The third kappa shape index (κ3) is 3.86. The fourth-order valence-corrected chi connectivity index (χ4v) is 5.63. The number of anilines is 1. The van der Waals surface area contributed by atoms with Gasteiger partial charge >= 0.3 is 0 Å². The van der Waals surface area contributed by atoms with E-state index >= 15 is 0 Å². The average Bonchev–Trinajstić information content (AvgIpc) is 3.54. The van der Waals surface area contributed by atoms with E-state index in [1.807, 2.05) is 37.6 Å². The zero-order chi connectivity index (χ0) is 23.9. The predicted octanol–water partition coefficient (Wildman–Crippen LogP) is 4.90. The first-order chi connectivity index (χ1) is 17.1. The summed E-state index contributed by atoms with van der Waals surface area (Å²) in [5.74, 6) is 0. The molecular weight excluding hydrogens is 438 g/mol. The predicted molar refractivity (Wildman–Crippen MR) is 136 cm³/mol. The Hall–Kier alpha value is -3.71. The van der Waals surface area contributed by atoms with E-state index in [9.17, 15) is 4.79 Å². The molecule has 7 heteroatoms. The van der Waals surface area contributed by atoms with Gasteiger partial charge in [-0.1, -0.05) is 6.07 Å². The van der Waals surface area contributed by atoms with Crippen LogP contribution in [0.1, 0.15) is 53.1 Å². The van der Waals surface area contributed by atoms with Gasteiger partial charge in [0, 0.05) is 59.1 Å². The third-order valence-electron chi connectivity index (χ3n) is 7.35. The van der Waals surface area contributed by atoms with Crippen LogP contribution in [0.3, 0.4) is 0 Å². The van der Waals surface area contributed by atoms with Gasteiger partial charge < -0.3 is 19.9 Å². The first-order valence-electron chi connectivity index (χ1n) is 12.2. The maximum Gasteiger partial charge on any atom is 0.295 e. The summed E-state index contributed by atoms with van der Waals surface area (Å²) in [5, 5.41) is 4.81. The summed E-state index contributed by atoms with van der Waals surface area (Å²) in [6.45, 7) is 6.40. The summed E-state index contributed by atoms with van der Waals surface area (Å²) in [7, 11) is 0. The number of aryl methyl sites for hydroxylation is 2. The smallest absolute Gasteiger partial charge is 0.295 e. The quantitative estimate of drug-likeness (QED) is 0.406. The van der Waals surface area contributed by atoms with Gasteiger partial charge in [-0.05, 0) is 86.2 Å². The maximum absolute atomic E-state index is 11.7. The number of hydrogen-bond donors (Lipinski definition) is 2. The van der Waals surface area contributed by atoms with Crippen LogP contribution in [-0.4, -0.2) is 34.5 Å². The van der Waals surface area contributed by atoms with Crippen LogP contribution in [0.4, 0.5) is 5.69 Å². The Balaban J connectivity index is 1.51. The Morgan fingerprint density at radius 3 is 2.86 bits per heavy atom. The van der Waals surface area contributed by atoms with Gasteiger partial charge in [0.15, 0.2) is 0 Å². The molecular formula is C28H29N5O2. The van der Waals surface area contributed by atoms with E-state index in [1.165, 1.54) is 16.7 Å². The van der Waals surface area contributed by atoms with Crippen molar-refractivity contribution < 1.29 is 9.53 Å². The second-order valence-corrected chi connectivity index (χ2v) is 9.56. The van der Waals surface area contributed by atoms with Crippen molar-refractivity contribution in [3.05, 3.63) is 76.9 Å². The molecule has 2 atom stereocenters. The molecule has 0 spiro atoms. The van der Waals surface area contributed by atoms with Gasteiger partial charge in [-0.25, -0.2) is 4.98 Å². The first kappa shape index (κ1) is 21.8. The van der Waals surface area contributed by atoms with E-state index in [0.29, 0.717) is 6.47 Å². The molecule has 3 aromatic heterocycles. The molecule has 1 aromatic carbocycles. The molecule has 0 radical (unpaired) electrons. The molecule has 1 fully saturated rings. The molecule has 35 heavy (non-hydrogen) atoms. The number of aromatic amines is 1. The largest absolute Gasteiger partial charge is 0.439 e. The SMILES string of the molecule is Cc1cc(N2CCc3cc(-c4cnc5[nH]cc(C)c5c4)cc(C4CCCN4)c3[C@@H]2OC=O)ccn1. The number of benzene rings is 1. The molecule has 0 amide bonds. The highest BCUT2D eigenvalue weighted by molar-refractivity contribution is 5.84.